The van der Waals surface area contributed by atoms with Gasteiger partial charge in [-0.25, -0.2) is 0 Å². The number of carbonyl (C=O) groups excluding carboxylic acids is 1. The van der Waals surface area contributed by atoms with Gasteiger partial charge in [0.15, 0.2) is 0 Å². The van der Waals surface area contributed by atoms with Gasteiger partial charge in [0.2, 0.25) is 0 Å². The van der Waals surface area contributed by atoms with E-state index in [2.05, 4.69) is 5.32 Å². The van der Waals surface area contributed by atoms with E-state index in [1.54, 1.807) is 24.3 Å². The van der Waals surface area contributed by atoms with Crippen LogP contribution in [-0.4, -0.2) is 28.6 Å². The zero-order valence-electron chi connectivity index (χ0n) is 11.4. The van der Waals surface area contributed by atoms with E-state index in [9.17, 15) is 9.59 Å². The molecule has 0 heterocycles. The summed E-state index contributed by atoms with van der Waals surface area (Å²) in [5, 5.41) is 11.6. The highest BCUT2D eigenvalue weighted by atomic mass is 16.4. The molecule has 5 heteroatoms. The summed E-state index contributed by atoms with van der Waals surface area (Å²) in [5.74, 6) is -1.18. The summed E-state index contributed by atoms with van der Waals surface area (Å²) in [4.78, 5) is 22.5. The normalized spacial score (nSPS) is 12.8. The highest BCUT2D eigenvalue weighted by Gasteiger charge is 2.16. The maximum Gasteiger partial charge on any atom is 0.320 e. The largest absolute Gasteiger partial charge is 0.480 e. The average Bonchev–Trinajstić information content (AvgIpc) is 2.27. The number of amides is 1. The van der Waals surface area contributed by atoms with Crippen molar-refractivity contribution in [1.29, 1.82) is 0 Å². The van der Waals surface area contributed by atoms with Crippen LogP contribution in [0.4, 0.5) is 0 Å². The lowest BCUT2D eigenvalue weighted by Gasteiger charge is -2.20. The summed E-state index contributed by atoms with van der Waals surface area (Å²) in [6, 6.07) is 5.87. The number of carboxylic acid groups (broad SMARTS) is 1. The van der Waals surface area contributed by atoms with Crippen molar-refractivity contribution in [2.24, 2.45) is 5.73 Å². The van der Waals surface area contributed by atoms with Crippen molar-refractivity contribution in [3.05, 3.63) is 35.4 Å². The van der Waals surface area contributed by atoms with E-state index in [1.165, 1.54) is 0 Å². The standard InChI is InChI=1S/C14H20N2O3/c1-14(2,3)16-12(17)10-6-4-9(5-7-10)8-11(15)13(18)19/h4-7,11H,8,15H2,1-3H3,(H,16,17)(H,18,19)/t11-/m0/s1. The Morgan fingerprint density at radius 2 is 1.79 bits per heavy atom. The van der Waals surface area contributed by atoms with Crippen LogP contribution in [0, 0.1) is 0 Å². The van der Waals surface area contributed by atoms with E-state index in [4.69, 9.17) is 10.8 Å². The second-order valence-corrected chi connectivity index (χ2v) is 5.55. The minimum atomic E-state index is -1.03. The second kappa shape index (κ2) is 5.84. The fourth-order valence-corrected chi connectivity index (χ4v) is 1.55. The van der Waals surface area contributed by atoms with E-state index in [0.717, 1.165) is 5.56 Å². The third-order valence-corrected chi connectivity index (χ3v) is 2.48. The molecule has 1 amide bonds. The first-order valence-electron chi connectivity index (χ1n) is 6.09. The van der Waals surface area contributed by atoms with Crippen LogP contribution in [-0.2, 0) is 11.2 Å². The molecule has 0 saturated carbocycles. The van der Waals surface area contributed by atoms with Gasteiger partial charge < -0.3 is 16.2 Å². The molecule has 0 radical (unpaired) electrons. The Kier molecular flexibility index (Phi) is 4.67. The van der Waals surface area contributed by atoms with Gasteiger partial charge in [-0.05, 0) is 44.9 Å². The Labute approximate surface area is 112 Å². The smallest absolute Gasteiger partial charge is 0.320 e. The number of hydrogen-bond donors (Lipinski definition) is 3. The predicted octanol–water partition coefficient (Wildman–Crippen LogP) is 1.17. The maximum atomic E-state index is 11.9. The molecular formula is C14H20N2O3. The highest BCUT2D eigenvalue weighted by Crippen LogP contribution is 2.08. The second-order valence-electron chi connectivity index (χ2n) is 5.55. The minimum absolute atomic E-state index is 0.151. The van der Waals surface area contributed by atoms with Crippen LogP contribution in [0.2, 0.25) is 0 Å². The Morgan fingerprint density at radius 1 is 1.26 bits per heavy atom. The zero-order chi connectivity index (χ0) is 14.6. The topological polar surface area (TPSA) is 92.4 Å². The lowest BCUT2D eigenvalue weighted by atomic mass is 10.0. The molecule has 19 heavy (non-hydrogen) atoms. The van der Waals surface area contributed by atoms with E-state index in [-0.39, 0.29) is 17.9 Å². The number of carboxylic acids is 1. The van der Waals surface area contributed by atoms with Crippen LogP contribution < -0.4 is 11.1 Å². The third kappa shape index (κ3) is 5.09. The van der Waals surface area contributed by atoms with Gasteiger partial charge in [0, 0.05) is 11.1 Å². The molecule has 104 valence electrons. The number of benzene rings is 1. The molecule has 0 aromatic heterocycles. The quantitative estimate of drug-likeness (QED) is 0.761. The van der Waals surface area contributed by atoms with Gasteiger partial charge in [0.1, 0.15) is 6.04 Å². The molecular weight excluding hydrogens is 244 g/mol. The summed E-state index contributed by atoms with van der Waals surface area (Å²) >= 11 is 0. The molecule has 4 N–H and O–H groups in total. The molecule has 0 bridgehead atoms. The van der Waals surface area contributed by atoms with Gasteiger partial charge in [-0.3, -0.25) is 9.59 Å². The lowest BCUT2D eigenvalue weighted by Crippen LogP contribution is -2.40. The Bertz CT molecular complexity index is 461. The molecule has 0 spiro atoms. The first-order valence-corrected chi connectivity index (χ1v) is 6.09. The fraction of sp³-hybridized carbons (Fsp3) is 0.429. The molecule has 5 nitrogen and oxygen atoms in total. The number of carbonyl (C=O) groups is 2. The summed E-state index contributed by atoms with van der Waals surface area (Å²) < 4.78 is 0. The molecule has 1 aromatic rings. The van der Waals surface area contributed by atoms with Crippen LogP contribution in [0.3, 0.4) is 0 Å². The summed E-state index contributed by atoms with van der Waals surface area (Å²) in [7, 11) is 0. The molecule has 1 atom stereocenters. The van der Waals surface area contributed by atoms with Crippen molar-refractivity contribution in [3.8, 4) is 0 Å². The van der Waals surface area contributed by atoms with Gasteiger partial charge >= 0.3 is 5.97 Å². The van der Waals surface area contributed by atoms with Gasteiger partial charge in [0.25, 0.3) is 5.91 Å². The van der Waals surface area contributed by atoms with Crippen molar-refractivity contribution in [2.75, 3.05) is 0 Å². The summed E-state index contributed by atoms with van der Waals surface area (Å²) in [5.41, 5.74) is 6.50. The Hall–Kier alpha value is -1.88. The van der Waals surface area contributed by atoms with Crippen LogP contribution in [0.15, 0.2) is 24.3 Å². The van der Waals surface area contributed by atoms with Crippen molar-refractivity contribution < 1.29 is 14.7 Å². The van der Waals surface area contributed by atoms with E-state index < -0.39 is 12.0 Å². The molecule has 0 aliphatic carbocycles. The maximum absolute atomic E-state index is 11.9. The predicted molar refractivity (Wildman–Crippen MR) is 73.0 cm³/mol. The van der Waals surface area contributed by atoms with Crippen molar-refractivity contribution in [3.63, 3.8) is 0 Å². The number of aliphatic carboxylic acids is 1. The number of nitrogens with two attached hydrogens (primary N) is 1. The lowest BCUT2D eigenvalue weighted by molar-refractivity contribution is -0.138. The third-order valence-electron chi connectivity index (χ3n) is 2.48. The number of rotatable bonds is 4. The summed E-state index contributed by atoms with van der Waals surface area (Å²) in [6.07, 6.45) is 0.247. The number of nitrogens with one attached hydrogen (secondary N) is 1. The van der Waals surface area contributed by atoms with E-state index in [1.807, 2.05) is 20.8 Å². The van der Waals surface area contributed by atoms with Crippen LogP contribution in [0.5, 0.6) is 0 Å². The first kappa shape index (κ1) is 15.2. The molecule has 0 unspecified atom stereocenters. The van der Waals surface area contributed by atoms with Crippen molar-refractivity contribution in [2.45, 2.75) is 38.8 Å². The van der Waals surface area contributed by atoms with Crippen LogP contribution >= 0.6 is 0 Å². The average molecular weight is 264 g/mol. The monoisotopic (exact) mass is 264 g/mol. The van der Waals surface area contributed by atoms with Crippen molar-refractivity contribution in [1.82, 2.24) is 5.32 Å². The Balaban J connectivity index is 2.71. The zero-order valence-corrected chi connectivity index (χ0v) is 11.4. The molecule has 1 rings (SSSR count). The van der Waals surface area contributed by atoms with Gasteiger partial charge in [-0.2, -0.15) is 0 Å². The minimum Gasteiger partial charge on any atom is -0.480 e. The SMILES string of the molecule is CC(C)(C)NC(=O)c1ccc(C[C@H](N)C(=O)O)cc1. The molecule has 0 aliphatic heterocycles. The molecule has 1 aromatic carbocycles. The Morgan fingerprint density at radius 3 is 2.21 bits per heavy atom. The summed E-state index contributed by atoms with van der Waals surface area (Å²) in [6.45, 7) is 5.72. The van der Waals surface area contributed by atoms with Gasteiger partial charge in [-0.15, -0.1) is 0 Å². The van der Waals surface area contributed by atoms with Crippen LogP contribution in [0.1, 0.15) is 36.7 Å². The van der Waals surface area contributed by atoms with Crippen molar-refractivity contribution >= 4 is 11.9 Å². The molecule has 0 saturated heterocycles. The fourth-order valence-electron chi connectivity index (χ4n) is 1.55. The van der Waals surface area contributed by atoms with E-state index in [0.29, 0.717) is 5.56 Å². The first-order chi connectivity index (χ1) is 8.69. The molecule has 0 aliphatic rings. The molecule has 0 fully saturated rings. The van der Waals surface area contributed by atoms with Gasteiger partial charge in [0.05, 0.1) is 0 Å². The van der Waals surface area contributed by atoms with Crippen LogP contribution in [0.25, 0.3) is 0 Å². The van der Waals surface area contributed by atoms with Gasteiger partial charge in [-0.1, -0.05) is 12.1 Å². The number of hydrogen-bond acceptors (Lipinski definition) is 3. The van der Waals surface area contributed by atoms with E-state index >= 15 is 0 Å². The highest BCUT2D eigenvalue weighted by molar-refractivity contribution is 5.94.